The third-order valence-corrected chi connectivity index (χ3v) is 6.04. The van der Waals surface area contributed by atoms with E-state index in [-0.39, 0.29) is 12.1 Å². The van der Waals surface area contributed by atoms with E-state index in [0.29, 0.717) is 5.11 Å². The van der Waals surface area contributed by atoms with E-state index in [1.54, 1.807) is 14.2 Å². The maximum Gasteiger partial charge on any atom is 0.167 e. The molecule has 0 aliphatic carbocycles. The Balaban J connectivity index is 1.76. The number of ether oxygens (including phenoxy) is 2. The molecule has 156 valence electrons. The van der Waals surface area contributed by atoms with Crippen molar-refractivity contribution in [2.24, 2.45) is 5.73 Å². The molecule has 0 saturated heterocycles. The number of nitrogens with zero attached hydrogens (tertiary/aromatic N) is 1. The van der Waals surface area contributed by atoms with E-state index in [0.717, 1.165) is 44.4 Å². The minimum atomic E-state index is -0.0473. The van der Waals surface area contributed by atoms with Crippen LogP contribution in [0.15, 0.2) is 48.8 Å². The van der Waals surface area contributed by atoms with Crippen molar-refractivity contribution in [2.45, 2.75) is 25.9 Å². The summed E-state index contributed by atoms with van der Waals surface area (Å²) >= 11 is 5.49. The van der Waals surface area contributed by atoms with Crippen LogP contribution >= 0.6 is 12.2 Å². The summed E-state index contributed by atoms with van der Waals surface area (Å²) in [4.78, 5) is 8.76. The molecule has 2 atom stereocenters. The lowest BCUT2D eigenvalue weighted by Crippen LogP contribution is -2.39. The number of H-pyrrole nitrogens is 2. The van der Waals surface area contributed by atoms with Crippen LogP contribution < -0.4 is 15.2 Å². The van der Waals surface area contributed by atoms with E-state index in [4.69, 9.17) is 27.4 Å². The highest BCUT2D eigenvalue weighted by Gasteiger charge is 2.27. The molecule has 0 aliphatic heterocycles. The highest BCUT2D eigenvalue weighted by Crippen LogP contribution is 2.37. The molecule has 30 heavy (non-hydrogen) atoms. The van der Waals surface area contributed by atoms with Gasteiger partial charge in [0.1, 0.15) is 11.5 Å². The SMILES string of the molecule is COc1ccc2[nH]cc(C(C)N(C(N)=S)C(C)c3c[nH]c4ccc(OC)cc34)c2c1. The normalized spacial score (nSPS) is 13.3. The van der Waals surface area contributed by atoms with Crippen LogP contribution in [0.3, 0.4) is 0 Å². The summed E-state index contributed by atoms with van der Waals surface area (Å²) in [5, 5.41) is 2.54. The number of nitrogens with one attached hydrogen (secondary N) is 2. The monoisotopic (exact) mass is 422 g/mol. The number of methoxy groups -OCH3 is 2. The molecule has 0 amide bonds. The van der Waals surface area contributed by atoms with Crippen LogP contribution in [0.25, 0.3) is 21.8 Å². The molecule has 0 bridgehead atoms. The van der Waals surface area contributed by atoms with Crippen molar-refractivity contribution in [3.63, 3.8) is 0 Å². The van der Waals surface area contributed by atoms with E-state index in [2.05, 4.69) is 28.7 Å². The Bertz CT molecular complexity index is 1120. The van der Waals surface area contributed by atoms with Gasteiger partial charge in [-0.25, -0.2) is 0 Å². The Hall–Kier alpha value is -3.19. The van der Waals surface area contributed by atoms with Crippen LogP contribution in [0.4, 0.5) is 0 Å². The summed E-state index contributed by atoms with van der Waals surface area (Å²) in [5.74, 6) is 1.63. The third-order valence-electron chi connectivity index (χ3n) is 5.83. The van der Waals surface area contributed by atoms with Gasteiger partial charge >= 0.3 is 0 Å². The maximum absolute atomic E-state index is 6.24. The number of aromatic nitrogens is 2. The minimum absolute atomic E-state index is 0.0473. The lowest BCUT2D eigenvalue weighted by atomic mass is 10.0. The van der Waals surface area contributed by atoms with Crippen molar-refractivity contribution in [1.82, 2.24) is 14.9 Å². The summed E-state index contributed by atoms with van der Waals surface area (Å²) < 4.78 is 10.8. The van der Waals surface area contributed by atoms with Gasteiger partial charge in [-0.3, -0.25) is 0 Å². The largest absolute Gasteiger partial charge is 0.497 e. The van der Waals surface area contributed by atoms with Gasteiger partial charge in [0.25, 0.3) is 0 Å². The zero-order chi connectivity index (χ0) is 21.4. The van der Waals surface area contributed by atoms with E-state index < -0.39 is 0 Å². The molecule has 0 spiro atoms. The number of benzene rings is 2. The number of nitrogens with two attached hydrogens (primary N) is 1. The lowest BCUT2D eigenvalue weighted by Gasteiger charge is -2.35. The molecule has 0 radical (unpaired) electrons. The molecule has 4 aromatic rings. The van der Waals surface area contributed by atoms with Crippen LogP contribution in [0.5, 0.6) is 11.5 Å². The molecule has 4 rings (SSSR count). The van der Waals surface area contributed by atoms with Gasteiger partial charge in [-0.15, -0.1) is 0 Å². The van der Waals surface area contributed by atoms with Crippen molar-refractivity contribution >= 4 is 39.1 Å². The number of rotatable bonds is 6. The van der Waals surface area contributed by atoms with Gasteiger partial charge in [-0.1, -0.05) is 0 Å². The molecule has 2 aromatic carbocycles. The average Bonchev–Trinajstić information content (AvgIpc) is 3.36. The van der Waals surface area contributed by atoms with Crippen molar-refractivity contribution in [3.8, 4) is 11.5 Å². The Kier molecular flexibility index (Phi) is 5.30. The molecule has 2 aromatic heterocycles. The van der Waals surface area contributed by atoms with Crippen molar-refractivity contribution in [1.29, 1.82) is 0 Å². The summed E-state index contributed by atoms with van der Waals surface area (Å²) in [5.41, 5.74) is 10.6. The molecule has 4 N–H and O–H groups in total. The number of hydrogen-bond donors (Lipinski definition) is 3. The number of aromatic amines is 2. The zero-order valence-electron chi connectivity index (χ0n) is 17.5. The first kappa shape index (κ1) is 20.1. The first-order valence-electron chi connectivity index (χ1n) is 9.82. The van der Waals surface area contributed by atoms with Gasteiger partial charge < -0.3 is 30.1 Å². The fourth-order valence-corrected chi connectivity index (χ4v) is 4.52. The molecular formula is C23H26N4O2S. The van der Waals surface area contributed by atoms with Gasteiger partial charge in [-0.2, -0.15) is 0 Å². The predicted molar refractivity (Wildman–Crippen MR) is 125 cm³/mol. The second-order valence-electron chi connectivity index (χ2n) is 7.41. The lowest BCUT2D eigenvalue weighted by molar-refractivity contribution is 0.273. The first-order valence-corrected chi connectivity index (χ1v) is 10.2. The average molecular weight is 423 g/mol. The molecule has 0 saturated carbocycles. The topological polar surface area (TPSA) is 79.3 Å². The molecule has 2 heterocycles. The van der Waals surface area contributed by atoms with E-state index in [1.807, 2.05) is 48.8 Å². The second-order valence-corrected chi connectivity index (χ2v) is 7.83. The smallest absolute Gasteiger partial charge is 0.167 e. The van der Waals surface area contributed by atoms with Crippen molar-refractivity contribution in [2.75, 3.05) is 14.2 Å². The molecule has 0 aliphatic rings. The first-order chi connectivity index (χ1) is 14.4. The highest BCUT2D eigenvalue weighted by atomic mass is 32.1. The fraction of sp³-hybridized carbons (Fsp3) is 0.261. The van der Waals surface area contributed by atoms with Gasteiger partial charge in [0.05, 0.1) is 26.3 Å². The summed E-state index contributed by atoms with van der Waals surface area (Å²) in [7, 11) is 3.34. The quantitative estimate of drug-likeness (QED) is 0.380. The number of hydrogen-bond acceptors (Lipinski definition) is 3. The molecule has 6 nitrogen and oxygen atoms in total. The van der Waals surface area contributed by atoms with Crippen molar-refractivity contribution in [3.05, 3.63) is 59.9 Å². The van der Waals surface area contributed by atoms with Crippen LogP contribution in [-0.2, 0) is 0 Å². The van der Waals surface area contributed by atoms with Crippen LogP contribution in [0.2, 0.25) is 0 Å². The zero-order valence-corrected chi connectivity index (χ0v) is 18.3. The number of thiocarbonyl (C=S) groups is 1. The fourth-order valence-electron chi connectivity index (χ4n) is 4.20. The van der Waals surface area contributed by atoms with Crippen LogP contribution in [0.1, 0.15) is 37.1 Å². The second kappa shape index (κ2) is 7.91. The van der Waals surface area contributed by atoms with Gasteiger partial charge in [0.15, 0.2) is 5.11 Å². The molecular weight excluding hydrogens is 396 g/mol. The third kappa shape index (κ3) is 3.35. The highest BCUT2D eigenvalue weighted by molar-refractivity contribution is 7.80. The van der Waals surface area contributed by atoms with Gasteiger partial charge in [-0.05, 0) is 73.6 Å². The van der Waals surface area contributed by atoms with Crippen LogP contribution in [0, 0.1) is 0 Å². The standard InChI is InChI=1S/C23H26N4O2S/c1-13(19-11-25-21-7-5-15(28-3)9-17(19)21)27(23(24)30)14(2)20-12-26-22-8-6-16(29-4)10-18(20)22/h5-14,25-26H,1-4H3,(H2,24,30). The van der Waals surface area contributed by atoms with E-state index >= 15 is 0 Å². The number of fused-ring (bicyclic) bond motifs is 2. The van der Waals surface area contributed by atoms with E-state index in [1.165, 1.54) is 0 Å². The molecule has 0 fully saturated rings. The van der Waals surface area contributed by atoms with Crippen molar-refractivity contribution < 1.29 is 9.47 Å². The Labute approximate surface area is 181 Å². The van der Waals surface area contributed by atoms with E-state index in [9.17, 15) is 0 Å². The Morgan fingerprint density at radius 1 is 0.867 bits per heavy atom. The predicted octanol–water partition coefficient (Wildman–Crippen LogP) is 5.03. The van der Waals surface area contributed by atoms with Gasteiger partial charge in [0.2, 0.25) is 0 Å². The van der Waals surface area contributed by atoms with Crippen LogP contribution in [-0.4, -0.2) is 34.2 Å². The van der Waals surface area contributed by atoms with Gasteiger partial charge in [0, 0.05) is 34.2 Å². The molecule has 2 unspecified atom stereocenters. The Morgan fingerprint density at radius 3 is 1.67 bits per heavy atom. The maximum atomic E-state index is 6.24. The summed E-state index contributed by atoms with van der Waals surface area (Å²) in [6.07, 6.45) is 4.04. The summed E-state index contributed by atoms with van der Waals surface area (Å²) in [6.45, 7) is 4.24. The minimum Gasteiger partial charge on any atom is -0.497 e. The Morgan fingerprint density at radius 2 is 1.30 bits per heavy atom. The summed E-state index contributed by atoms with van der Waals surface area (Å²) in [6, 6.07) is 11.9. The molecule has 7 heteroatoms.